The minimum absolute atomic E-state index is 0.156. The smallest absolute Gasteiger partial charge is 0.227 e. The zero-order valence-corrected chi connectivity index (χ0v) is 11.0. The molecule has 0 saturated carbocycles. The van der Waals surface area contributed by atoms with Crippen LogP contribution >= 0.6 is 0 Å². The van der Waals surface area contributed by atoms with Gasteiger partial charge in [-0.15, -0.1) is 0 Å². The molecule has 1 aromatic rings. The average Bonchev–Trinajstić information content (AvgIpc) is 2.26. The van der Waals surface area contributed by atoms with Gasteiger partial charge in [0.2, 0.25) is 5.91 Å². The summed E-state index contributed by atoms with van der Waals surface area (Å²) in [5.41, 5.74) is 8.80. The molecule has 0 aliphatic rings. The lowest BCUT2D eigenvalue weighted by atomic mass is 10.1. The van der Waals surface area contributed by atoms with Gasteiger partial charge in [-0.2, -0.15) is 0 Å². The van der Waals surface area contributed by atoms with E-state index in [1.54, 1.807) is 0 Å². The number of carbonyl (C=O) groups excluding carboxylic acids is 1. The summed E-state index contributed by atoms with van der Waals surface area (Å²) in [7, 11) is 0. The van der Waals surface area contributed by atoms with Gasteiger partial charge in [0.15, 0.2) is 0 Å². The van der Waals surface area contributed by atoms with Gasteiger partial charge in [-0.05, 0) is 57.0 Å². The number of hydrogen-bond acceptors (Lipinski definition) is 2. The molecule has 0 spiro atoms. The summed E-state index contributed by atoms with van der Waals surface area (Å²) < 4.78 is 0. The molecular weight excluding hydrogens is 212 g/mol. The third kappa shape index (κ3) is 3.86. The number of amides is 1. The summed E-state index contributed by atoms with van der Waals surface area (Å²) in [6.07, 6.45) is 1.28. The Kier molecular flexibility index (Phi) is 5.16. The molecule has 3 nitrogen and oxygen atoms in total. The Hall–Kier alpha value is -1.35. The number of nitrogens with two attached hydrogens (primary N) is 1. The maximum atomic E-state index is 12.0. The van der Waals surface area contributed by atoms with Gasteiger partial charge in [0.1, 0.15) is 0 Å². The van der Waals surface area contributed by atoms with Crippen LogP contribution in [0, 0.1) is 13.8 Å². The fourth-order valence-electron chi connectivity index (χ4n) is 2.00. The molecule has 2 N–H and O–H groups in total. The molecule has 0 aliphatic carbocycles. The summed E-state index contributed by atoms with van der Waals surface area (Å²) in [5.74, 6) is 0.156. The fraction of sp³-hybridized carbons (Fsp3) is 0.500. The zero-order chi connectivity index (χ0) is 12.8. The molecule has 1 amide bonds. The minimum Gasteiger partial charge on any atom is -0.330 e. The van der Waals surface area contributed by atoms with Crippen LogP contribution in [0.1, 0.15) is 30.9 Å². The van der Waals surface area contributed by atoms with E-state index in [1.807, 2.05) is 11.8 Å². The molecule has 0 heterocycles. The lowest BCUT2D eigenvalue weighted by Crippen LogP contribution is -2.30. The second kappa shape index (κ2) is 6.40. The van der Waals surface area contributed by atoms with E-state index >= 15 is 0 Å². The van der Waals surface area contributed by atoms with Crippen LogP contribution in [0.25, 0.3) is 0 Å². The first-order valence-corrected chi connectivity index (χ1v) is 6.17. The Labute approximate surface area is 104 Å². The van der Waals surface area contributed by atoms with Crippen LogP contribution in [0.5, 0.6) is 0 Å². The zero-order valence-electron chi connectivity index (χ0n) is 11.0. The van der Waals surface area contributed by atoms with Crippen molar-refractivity contribution in [2.45, 2.75) is 33.6 Å². The lowest BCUT2D eigenvalue weighted by molar-refractivity contribution is -0.118. The molecule has 0 fully saturated rings. The van der Waals surface area contributed by atoms with Gasteiger partial charge in [0.05, 0.1) is 0 Å². The van der Waals surface area contributed by atoms with Crippen LogP contribution in [-0.2, 0) is 4.79 Å². The van der Waals surface area contributed by atoms with Crippen LogP contribution in [0.4, 0.5) is 5.69 Å². The average molecular weight is 234 g/mol. The van der Waals surface area contributed by atoms with Crippen LogP contribution in [0.15, 0.2) is 18.2 Å². The topological polar surface area (TPSA) is 46.3 Å². The van der Waals surface area contributed by atoms with Crippen molar-refractivity contribution in [3.8, 4) is 0 Å². The van der Waals surface area contributed by atoms with E-state index < -0.39 is 0 Å². The minimum atomic E-state index is 0.156. The lowest BCUT2D eigenvalue weighted by Gasteiger charge is -2.22. The molecule has 0 atom stereocenters. The van der Waals surface area contributed by atoms with Crippen molar-refractivity contribution < 1.29 is 4.79 Å². The Bertz CT molecular complexity index is 368. The quantitative estimate of drug-likeness (QED) is 0.850. The van der Waals surface area contributed by atoms with Crippen LogP contribution in [0.2, 0.25) is 0 Å². The maximum absolute atomic E-state index is 12.0. The highest BCUT2D eigenvalue weighted by atomic mass is 16.2. The van der Waals surface area contributed by atoms with Gasteiger partial charge in [-0.25, -0.2) is 0 Å². The van der Waals surface area contributed by atoms with Gasteiger partial charge >= 0.3 is 0 Å². The van der Waals surface area contributed by atoms with Gasteiger partial charge < -0.3 is 10.6 Å². The van der Waals surface area contributed by atoms with E-state index in [1.165, 1.54) is 11.1 Å². The third-order valence-corrected chi connectivity index (χ3v) is 2.73. The SMILES string of the molecule is CCN(C(=O)CCCN)c1cc(C)cc(C)c1. The van der Waals surface area contributed by atoms with Crippen molar-refractivity contribution in [2.75, 3.05) is 18.0 Å². The van der Waals surface area contributed by atoms with E-state index in [9.17, 15) is 4.79 Å². The second-order valence-electron chi connectivity index (χ2n) is 4.38. The number of anilines is 1. The number of aryl methyl sites for hydroxylation is 2. The monoisotopic (exact) mass is 234 g/mol. The van der Waals surface area contributed by atoms with Gasteiger partial charge in [-0.3, -0.25) is 4.79 Å². The van der Waals surface area contributed by atoms with E-state index in [4.69, 9.17) is 5.73 Å². The third-order valence-electron chi connectivity index (χ3n) is 2.73. The molecular formula is C14H22N2O. The molecule has 0 saturated heterocycles. The molecule has 17 heavy (non-hydrogen) atoms. The Balaban J connectivity index is 2.89. The Morgan fingerprint density at radius 2 is 1.82 bits per heavy atom. The largest absolute Gasteiger partial charge is 0.330 e. The number of benzene rings is 1. The molecule has 3 heteroatoms. The predicted molar refractivity (Wildman–Crippen MR) is 72.2 cm³/mol. The molecule has 1 aromatic carbocycles. The number of hydrogen-bond donors (Lipinski definition) is 1. The van der Waals surface area contributed by atoms with E-state index in [2.05, 4.69) is 32.0 Å². The maximum Gasteiger partial charge on any atom is 0.227 e. The van der Waals surface area contributed by atoms with E-state index in [-0.39, 0.29) is 5.91 Å². The highest BCUT2D eigenvalue weighted by molar-refractivity contribution is 5.93. The van der Waals surface area contributed by atoms with Gasteiger partial charge in [-0.1, -0.05) is 6.07 Å². The van der Waals surface area contributed by atoms with Gasteiger partial charge in [0.25, 0.3) is 0 Å². The number of rotatable bonds is 5. The first-order chi connectivity index (χ1) is 8.08. The molecule has 0 bridgehead atoms. The Morgan fingerprint density at radius 3 is 2.29 bits per heavy atom. The van der Waals surface area contributed by atoms with Crippen LogP contribution in [0.3, 0.4) is 0 Å². The highest BCUT2D eigenvalue weighted by Gasteiger charge is 2.13. The van der Waals surface area contributed by atoms with Crippen molar-refractivity contribution in [1.29, 1.82) is 0 Å². The summed E-state index contributed by atoms with van der Waals surface area (Å²) in [5, 5.41) is 0. The molecule has 0 unspecified atom stereocenters. The van der Waals surface area contributed by atoms with Crippen molar-refractivity contribution in [2.24, 2.45) is 5.73 Å². The summed E-state index contributed by atoms with van der Waals surface area (Å²) in [6.45, 7) is 7.36. The normalized spacial score (nSPS) is 10.4. The van der Waals surface area contributed by atoms with E-state index in [0.717, 1.165) is 12.1 Å². The molecule has 0 radical (unpaired) electrons. The second-order valence-corrected chi connectivity index (χ2v) is 4.38. The molecule has 1 rings (SSSR count). The van der Waals surface area contributed by atoms with Crippen molar-refractivity contribution in [3.63, 3.8) is 0 Å². The fourth-order valence-corrected chi connectivity index (χ4v) is 2.00. The molecule has 94 valence electrons. The van der Waals surface area contributed by atoms with E-state index in [0.29, 0.717) is 19.5 Å². The predicted octanol–water partition coefficient (Wildman–Crippen LogP) is 2.40. The first-order valence-electron chi connectivity index (χ1n) is 6.17. The van der Waals surface area contributed by atoms with Crippen molar-refractivity contribution in [1.82, 2.24) is 0 Å². The standard InChI is InChI=1S/C14H22N2O/c1-4-16(14(17)6-5-7-15)13-9-11(2)8-12(3)10-13/h8-10H,4-7,15H2,1-3H3. The number of nitrogens with zero attached hydrogens (tertiary/aromatic N) is 1. The summed E-state index contributed by atoms with van der Waals surface area (Å²) >= 11 is 0. The van der Waals surface area contributed by atoms with Crippen molar-refractivity contribution in [3.05, 3.63) is 29.3 Å². The van der Waals surface area contributed by atoms with Crippen molar-refractivity contribution >= 4 is 11.6 Å². The molecule has 0 aliphatic heterocycles. The number of carbonyl (C=O) groups is 1. The van der Waals surface area contributed by atoms with Crippen LogP contribution in [-0.4, -0.2) is 19.0 Å². The first kappa shape index (κ1) is 13.7. The van der Waals surface area contributed by atoms with Crippen LogP contribution < -0.4 is 10.6 Å². The molecule has 0 aromatic heterocycles. The summed E-state index contributed by atoms with van der Waals surface area (Å²) in [4.78, 5) is 13.9. The van der Waals surface area contributed by atoms with Gasteiger partial charge in [0, 0.05) is 18.7 Å². The Morgan fingerprint density at radius 1 is 1.24 bits per heavy atom. The summed E-state index contributed by atoms with van der Waals surface area (Å²) in [6, 6.07) is 6.22. The highest BCUT2D eigenvalue weighted by Crippen LogP contribution is 2.19.